The number of hydrazine groups is 1. The largest absolute Gasteiger partial charge is 0.376 e. The Bertz CT molecular complexity index is 300. The average molecular weight is 226 g/mol. The molecule has 3 N–H and O–H groups in total. The van der Waals surface area contributed by atoms with Gasteiger partial charge in [0.2, 0.25) is 0 Å². The van der Waals surface area contributed by atoms with E-state index in [1.807, 2.05) is 17.7 Å². The molecule has 0 aliphatic rings. The molecular formula is C11H22N4O. The standard InChI is InChI=1S/C11H22N4O/c1-4-10(16-6-3)11(14-12)9-7-8-13-15(9)5-2/h7-8,10-11,14H,4-6,12H2,1-3H3. The number of hydrogen-bond donors (Lipinski definition) is 2. The first-order chi connectivity index (χ1) is 7.78. The normalized spacial score (nSPS) is 15.0. The summed E-state index contributed by atoms with van der Waals surface area (Å²) < 4.78 is 7.62. The Hall–Kier alpha value is -0.910. The Kier molecular flexibility index (Phi) is 5.45. The van der Waals surface area contributed by atoms with Crippen molar-refractivity contribution in [2.45, 2.75) is 45.9 Å². The molecule has 0 saturated carbocycles. The number of nitrogens with zero attached hydrogens (tertiary/aromatic N) is 2. The van der Waals surface area contributed by atoms with Crippen molar-refractivity contribution in [1.82, 2.24) is 15.2 Å². The van der Waals surface area contributed by atoms with Crippen molar-refractivity contribution >= 4 is 0 Å². The van der Waals surface area contributed by atoms with Crippen LogP contribution in [-0.4, -0.2) is 22.5 Å². The molecule has 5 nitrogen and oxygen atoms in total. The molecule has 0 aliphatic carbocycles. The van der Waals surface area contributed by atoms with Gasteiger partial charge in [-0.25, -0.2) is 5.43 Å². The van der Waals surface area contributed by atoms with Crippen LogP contribution in [0.1, 0.15) is 38.9 Å². The molecule has 0 amide bonds. The molecule has 0 aromatic carbocycles. The van der Waals surface area contributed by atoms with Gasteiger partial charge in [0.25, 0.3) is 0 Å². The lowest BCUT2D eigenvalue weighted by molar-refractivity contribution is 0.0291. The monoisotopic (exact) mass is 226 g/mol. The summed E-state index contributed by atoms with van der Waals surface area (Å²) in [6, 6.07) is 1.97. The maximum absolute atomic E-state index is 5.68. The van der Waals surface area contributed by atoms with E-state index in [0.717, 1.165) is 18.7 Å². The lowest BCUT2D eigenvalue weighted by Gasteiger charge is -2.25. The van der Waals surface area contributed by atoms with Crippen LogP contribution in [-0.2, 0) is 11.3 Å². The molecule has 0 aliphatic heterocycles. The minimum Gasteiger partial charge on any atom is -0.376 e. The summed E-state index contributed by atoms with van der Waals surface area (Å²) in [6.07, 6.45) is 2.79. The van der Waals surface area contributed by atoms with Gasteiger partial charge in [0.1, 0.15) is 0 Å². The molecule has 16 heavy (non-hydrogen) atoms. The quantitative estimate of drug-likeness (QED) is 0.542. The van der Waals surface area contributed by atoms with Gasteiger partial charge in [0, 0.05) is 19.3 Å². The molecule has 1 rings (SSSR count). The lowest BCUT2D eigenvalue weighted by atomic mass is 10.1. The van der Waals surface area contributed by atoms with Crippen LogP contribution in [0.2, 0.25) is 0 Å². The fourth-order valence-electron chi connectivity index (χ4n) is 1.92. The van der Waals surface area contributed by atoms with Crippen molar-refractivity contribution in [2.75, 3.05) is 6.61 Å². The highest BCUT2D eigenvalue weighted by atomic mass is 16.5. The van der Waals surface area contributed by atoms with Gasteiger partial charge in [-0.15, -0.1) is 0 Å². The van der Waals surface area contributed by atoms with E-state index in [2.05, 4.69) is 24.4 Å². The predicted molar refractivity (Wildman–Crippen MR) is 63.7 cm³/mol. The van der Waals surface area contributed by atoms with Crippen LogP contribution in [0, 0.1) is 0 Å². The van der Waals surface area contributed by atoms with E-state index in [1.165, 1.54) is 0 Å². The fourth-order valence-corrected chi connectivity index (χ4v) is 1.92. The van der Waals surface area contributed by atoms with Gasteiger partial charge in [0.15, 0.2) is 0 Å². The van der Waals surface area contributed by atoms with Crippen molar-refractivity contribution in [1.29, 1.82) is 0 Å². The van der Waals surface area contributed by atoms with Crippen molar-refractivity contribution in [3.8, 4) is 0 Å². The summed E-state index contributed by atoms with van der Waals surface area (Å²) in [6.45, 7) is 7.68. The minimum absolute atomic E-state index is 0.00704. The van der Waals surface area contributed by atoms with Crippen LogP contribution >= 0.6 is 0 Å². The van der Waals surface area contributed by atoms with E-state index in [0.29, 0.717) is 6.61 Å². The molecular weight excluding hydrogens is 204 g/mol. The molecule has 2 atom stereocenters. The summed E-state index contributed by atoms with van der Waals surface area (Å²) >= 11 is 0. The summed E-state index contributed by atoms with van der Waals surface area (Å²) in [7, 11) is 0. The van der Waals surface area contributed by atoms with E-state index in [-0.39, 0.29) is 12.1 Å². The second-order valence-electron chi connectivity index (χ2n) is 3.62. The lowest BCUT2D eigenvalue weighted by Crippen LogP contribution is -2.39. The van der Waals surface area contributed by atoms with Crippen LogP contribution in [0.25, 0.3) is 0 Å². The Morgan fingerprint density at radius 3 is 2.75 bits per heavy atom. The highest BCUT2D eigenvalue weighted by Gasteiger charge is 2.23. The number of nitrogens with two attached hydrogens (primary N) is 1. The zero-order valence-corrected chi connectivity index (χ0v) is 10.3. The molecule has 1 heterocycles. The molecule has 92 valence electrons. The Morgan fingerprint density at radius 2 is 2.25 bits per heavy atom. The third-order valence-electron chi connectivity index (χ3n) is 2.70. The van der Waals surface area contributed by atoms with Gasteiger partial charge in [-0.1, -0.05) is 6.92 Å². The SMILES string of the molecule is CCOC(CC)C(NN)c1ccnn1CC. The molecule has 0 bridgehead atoms. The van der Waals surface area contributed by atoms with Gasteiger partial charge < -0.3 is 4.74 Å². The second-order valence-corrected chi connectivity index (χ2v) is 3.62. The van der Waals surface area contributed by atoms with Gasteiger partial charge in [-0.2, -0.15) is 5.10 Å². The third kappa shape index (κ3) is 2.81. The summed E-state index contributed by atoms with van der Waals surface area (Å²) in [5, 5.41) is 4.25. The van der Waals surface area contributed by atoms with Gasteiger partial charge in [-0.3, -0.25) is 10.5 Å². The average Bonchev–Trinajstić information content (AvgIpc) is 2.77. The number of nitrogens with one attached hydrogen (secondary N) is 1. The molecule has 1 aromatic heterocycles. The molecule has 0 radical (unpaired) electrons. The van der Waals surface area contributed by atoms with E-state index in [4.69, 9.17) is 10.6 Å². The number of ether oxygens (including phenoxy) is 1. The fraction of sp³-hybridized carbons (Fsp3) is 0.727. The molecule has 2 unspecified atom stereocenters. The van der Waals surface area contributed by atoms with Crippen molar-refractivity contribution in [3.05, 3.63) is 18.0 Å². The van der Waals surface area contributed by atoms with Crippen LogP contribution in [0.15, 0.2) is 12.3 Å². The first-order valence-electron chi connectivity index (χ1n) is 5.87. The van der Waals surface area contributed by atoms with Crippen molar-refractivity contribution in [2.24, 2.45) is 5.84 Å². The Morgan fingerprint density at radius 1 is 1.50 bits per heavy atom. The molecule has 0 saturated heterocycles. The highest BCUT2D eigenvalue weighted by Crippen LogP contribution is 2.20. The van der Waals surface area contributed by atoms with E-state index in [1.54, 1.807) is 6.20 Å². The van der Waals surface area contributed by atoms with E-state index in [9.17, 15) is 0 Å². The molecule has 0 fully saturated rings. The summed E-state index contributed by atoms with van der Waals surface area (Å²) in [5.41, 5.74) is 3.90. The minimum atomic E-state index is -0.00704. The first-order valence-corrected chi connectivity index (χ1v) is 5.87. The number of aryl methyl sites for hydroxylation is 1. The number of rotatable bonds is 7. The third-order valence-corrected chi connectivity index (χ3v) is 2.70. The van der Waals surface area contributed by atoms with Gasteiger partial charge in [-0.05, 0) is 26.3 Å². The number of aromatic nitrogens is 2. The highest BCUT2D eigenvalue weighted by molar-refractivity contribution is 5.08. The second kappa shape index (κ2) is 6.62. The van der Waals surface area contributed by atoms with E-state index < -0.39 is 0 Å². The first kappa shape index (κ1) is 13.2. The smallest absolute Gasteiger partial charge is 0.0890 e. The molecule has 1 aromatic rings. The maximum atomic E-state index is 5.68. The van der Waals surface area contributed by atoms with Crippen LogP contribution in [0.3, 0.4) is 0 Å². The van der Waals surface area contributed by atoms with Crippen molar-refractivity contribution in [3.63, 3.8) is 0 Å². The Labute approximate surface area is 96.9 Å². The van der Waals surface area contributed by atoms with Crippen molar-refractivity contribution < 1.29 is 4.74 Å². The summed E-state index contributed by atoms with van der Waals surface area (Å²) in [5.74, 6) is 5.62. The van der Waals surface area contributed by atoms with Crippen LogP contribution in [0.4, 0.5) is 0 Å². The molecule has 0 spiro atoms. The van der Waals surface area contributed by atoms with E-state index >= 15 is 0 Å². The Balaban J connectivity index is 2.87. The van der Waals surface area contributed by atoms with Crippen LogP contribution < -0.4 is 11.3 Å². The van der Waals surface area contributed by atoms with Gasteiger partial charge in [0.05, 0.1) is 17.8 Å². The van der Waals surface area contributed by atoms with Crippen LogP contribution in [0.5, 0.6) is 0 Å². The summed E-state index contributed by atoms with van der Waals surface area (Å²) in [4.78, 5) is 0. The topological polar surface area (TPSA) is 65.1 Å². The number of hydrogen-bond acceptors (Lipinski definition) is 4. The zero-order valence-electron chi connectivity index (χ0n) is 10.3. The predicted octanol–water partition coefficient (Wildman–Crippen LogP) is 1.22. The molecule has 5 heteroatoms. The van der Waals surface area contributed by atoms with Gasteiger partial charge >= 0.3 is 0 Å². The maximum Gasteiger partial charge on any atom is 0.0890 e. The zero-order chi connectivity index (χ0) is 12.0.